The first-order valence-corrected chi connectivity index (χ1v) is 4.06. The lowest BCUT2D eigenvalue weighted by Gasteiger charge is -2.06. The van der Waals surface area contributed by atoms with Crippen molar-refractivity contribution in [1.82, 2.24) is 0 Å². The molecule has 0 saturated carbocycles. The molecule has 0 aliphatic heterocycles. The van der Waals surface area contributed by atoms with E-state index in [4.69, 9.17) is 5.73 Å². The van der Waals surface area contributed by atoms with E-state index in [0.29, 0.717) is 12.3 Å². The van der Waals surface area contributed by atoms with Gasteiger partial charge in [-0.1, -0.05) is 13.0 Å². The molecule has 0 saturated heterocycles. The van der Waals surface area contributed by atoms with Gasteiger partial charge in [0.05, 0.1) is 0 Å². The zero-order valence-corrected chi connectivity index (χ0v) is 7.18. The SMILES string of the molecule is C=CCCC(C)CCC(N)=O. The van der Waals surface area contributed by atoms with E-state index >= 15 is 0 Å². The van der Waals surface area contributed by atoms with Gasteiger partial charge >= 0.3 is 0 Å². The highest BCUT2D eigenvalue weighted by molar-refractivity contribution is 5.73. The number of rotatable bonds is 6. The Balaban J connectivity index is 3.28. The van der Waals surface area contributed by atoms with Gasteiger partial charge in [-0.25, -0.2) is 0 Å². The molecular formula is C9H17NO. The number of hydrogen-bond donors (Lipinski definition) is 1. The Kier molecular flexibility index (Phi) is 5.53. The minimum atomic E-state index is -0.199. The standard InChI is InChI=1S/C9H17NO/c1-3-4-5-8(2)6-7-9(10)11/h3,8H,1,4-7H2,2H3,(H2,10,11). The second-order valence-electron chi connectivity index (χ2n) is 2.98. The van der Waals surface area contributed by atoms with E-state index in [2.05, 4.69) is 13.5 Å². The number of carbonyl (C=O) groups excluding carboxylic acids is 1. The van der Waals surface area contributed by atoms with Crippen LogP contribution in [-0.4, -0.2) is 5.91 Å². The topological polar surface area (TPSA) is 43.1 Å². The molecule has 0 radical (unpaired) electrons. The zero-order valence-electron chi connectivity index (χ0n) is 7.18. The van der Waals surface area contributed by atoms with Crippen LogP contribution in [0.4, 0.5) is 0 Å². The summed E-state index contributed by atoms with van der Waals surface area (Å²) in [5.74, 6) is 0.385. The molecule has 0 bridgehead atoms. The number of amides is 1. The van der Waals surface area contributed by atoms with E-state index < -0.39 is 0 Å². The van der Waals surface area contributed by atoms with Crippen LogP contribution in [0, 0.1) is 5.92 Å². The molecule has 2 heteroatoms. The summed E-state index contributed by atoms with van der Waals surface area (Å²) in [6.07, 6.45) is 5.46. The number of allylic oxidation sites excluding steroid dienone is 1. The minimum Gasteiger partial charge on any atom is -0.370 e. The van der Waals surface area contributed by atoms with Crippen molar-refractivity contribution in [1.29, 1.82) is 0 Å². The first kappa shape index (κ1) is 10.2. The Hall–Kier alpha value is -0.790. The molecule has 1 amide bonds. The summed E-state index contributed by atoms with van der Waals surface area (Å²) in [6, 6.07) is 0. The van der Waals surface area contributed by atoms with Crippen LogP contribution in [0.25, 0.3) is 0 Å². The fourth-order valence-corrected chi connectivity index (χ4v) is 0.935. The molecule has 64 valence electrons. The number of nitrogens with two attached hydrogens (primary N) is 1. The fourth-order valence-electron chi connectivity index (χ4n) is 0.935. The normalized spacial score (nSPS) is 12.5. The lowest BCUT2D eigenvalue weighted by atomic mass is 10.00. The molecule has 0 spiro atoms. The maximum Gasteiger partial charge on any atom is 0.217 e. The molecule has 0 aliphatic carbocycles. The summed E-state index contributed by atoms with van der Waals surface area (Å²) in [5.41, 5.74) is 5.01. The molecule has 0 aromatic heterocycles. The predicted octanol–water partition coefficient (Wildman–Crippen LogP) is 1.85. The van der Waals surface area contributed by atoms with Crippen LogP contribution < -0.4 is 5.73 Å². The summed E-state index contributed by atoms with van der Waals surface area (Å²) in [7, 11) is 0. The van der Waals surface area contributed by atoms with Crippen molar-refractivity contribution >= 4 is 5.91 Å². The van der Waals surface area contributed by atoms with Gasteiger partial charge in [0, 0.05) is 6.42 Å². The zero-order chi connectivity index (χ0) is 8.69. The summed E-state index contributed by atoms with van der Waals surface area (Å²) in [5, 5.41) is 0. The quantitative estimate of drug-likeness (QED) is 0.584. The highest BCUT2D eigenvalue weighted by Crippen LogP contribution is 2.11. The average Bonchev–Trinajstić information content (AvgIpc) is 1.97. The molecule has 0 aromatic carbocycles. The van der Waals surface area contributed by atoms with Gasteiger partial charge in [0.2, 0.25) is 5.91 Å². The maximum atomic E-state index is 10.4. The van der Waals surface area contributed by atoms with E-state index in [-0.39, 0.29) is 5.91 Å². The van der Waals surface area contributed by atoms with Crippen molar-refractivity contribution in [3.63, 3.8) is 0 Å². The minimum absolute atomic E-state index is 0.199. The molecule has 2 N–H and O–H groups in total. The molecule has 0 heterocycles. The van der Waals surface area contributed by atoms with Crippen molar-refractivity contribution in [2.75, 3.05) is 0 Å². The Bertz CT molecular complexity index is 132. The molecule has 0 rings (SSSR count). The third-order valence-corrected chi connectivity index (χ3v) is 1.75. The molecular weight excluding hydrogens is 138 g/mol. The van der Waals surface area contributed by atoms with E-state index in [1.54, 1.807) is 0 Å². The first-order valence-electron chi connectivity index (χ1n) is 4.06. The van der Waals surface area contributed by atoms with E-state index in [1.165, 1.54) is 0 Å². The van der Waals surface area contributed by atoms with Gasteiger partial charge < -0.3 is 5.73 Å². The van der Waals surface area contributed by atoms with Gasteiger partial charge in [0.15, 0.2) is 0 Å². The van der Waals surface area contributed by atoms with Crippen LogP contribution in [0.3, 0.4) is 0 Å². The van der Waals surface area contributed by atoms with Gasteiger partial charge in [0.25, 0.3) is 0 Å². The second-order valence-corrected chi connectivity index (χ2v) is 2.98. The summed E-state index contributed by atoms with van der Waals surface area (Å²) in [4.78, 5) is 10.4. The number of primary amides is 1. The molecule has 0 fully saturated rings. The fraction of sp³-hybridized carbons (Fsp3) is 0.667. The second kappa shape index (κ2) is 5.96. The van der Waals surface area contributed by atoms with Gasteiger partial charge in [-0.05, 0) is 25.2 Å². The Morgan fingerprint density at radius 1 is 1.64 bits per heavy atom. The number of hydrogen-bond acceptors (Lipinski definition) is 1. The number of carbonyl (C=O) groups is 1. The molecule has 0 aliphatic rings. The van der Waals surface area contributed by atoms with Crippen LogP contribution in [0.15, 0.2) is 12.7 Å². The van der Waals surface area contributed by atoms with Gasteiger partial charge in [-0.3, -0.25) is 4.79 Å². The lowest BCUT2D eigenvalue weighted by Crippen LogP contribution is -2.11. The van der Waals surface area contributed by atoms with Crippen molar-refractivity contribution in [3.05, 3.63) is 12.7 Å². The van der Waals surface area contributed by atoms with Crippen molar-refractivity contribution in [2.24, 2.45) is 11.7 Å². The molecule has 2 nitrogen and oxygen atoms in total. The highest BCUT2D eigenvalue weighted by Gasteiger charge is 2.02. The summed E-state index contributed by atoms with van der Waals surface area (Å²) >= 11 is 0. The average molecular weight is 155 g/mol. The molecule has 11 heavy (non-hydrogen) atoms. The monoisotopic (exact) mass is 155 g/mol. The molecule has 1 unspecified atom stereocenters. The van der Waals surface area contributed by atoms with Crippen LogP contribution >= 0.6 is 0 Å². The highest BCUT2D eigenvalue weighted by atomic mass is 16.1. The maximum absolute atomic E-state index is 10.4. The Morgan fingerprint density at radius 2 is 2.27 bits per heavy atom. The summed E-state index contributed by atoms with van der Waals surface area (Å²) < 4.78 is 0. The Morgan fingerprint density at radius 3 is 2.73 bits per heavy atom. The van der Waals surface area contributed by atoms with Crippen molar-refractivity contribution in [3.8, 4) is 0 Å². The third-order valence-electron chi connectivity index (χ3n) is 1.75. The lowest BCUT2D eigenvalue weighted by molar-refractivity contribution is -0.118. The molecule has 1 atom stereocenters. The third kappa shape index (κ3) is 7.10. The van der Waals surface area contributed by atoms with E-state index in [9.17, 15) is 4.79 Å². The predicted molar refractivity (Wildman–Crippen MR) is 47.0 cm³/mol. The van der Waals surface area contributed by atoms with Crippen LogP contribution in [0.1, 0.15) is 32.6 Å². The summed E-state index contributed by atoms with van der Waals surface area (Å²) in [6.45, 7) is 5.77. The first-order chi connectivity index (χ1) is 5.16. The van der Waals surface area contributed by atoms with Gasteiger partial charge in [-0.15, -0.1) is 6.58 Å². The van der Waals surface area contributed by atoms with Crippen molar-refractivity contribution < 1.29 is 4.79 Å². The van der Waals surface area contributed by atoms with Crippen molar-refractivity contribution in [2.45, 2.75) is 32.6 Å². The van der Waals surface area contributed by atoms with E-state index in [1.807, 2.05) is 6.08 Å². The smallest absolute Gasteiger partial charge is 0.217 e. The van der Waals surface area contributed by atoms with Crippen LogP contribution in [0.5, 0.6) is 0 Å². The largest absolute Gasteiger partial charge is 0.370 e. The van der Waals surface area contributed by atoms with Crippen LogP contribution in [0.2, 0.25) is 0 Å². The van der Waals surface area contributed by atoms with Crippen LogP contribution in [-0.2, 0) is 4.79 Å². The molecule has 0 aromatic rings. The van der Waals surface area contributed by atoms with Gasteiger partial charge in [-0.2, -0.15) is 0 Å². The van der Waals surface area contributed by atoms with E-state index in [0.717, 1.165) is 19.3 Å². The van der Waals surface area contributed by atoms with Gasteiger partial charge in [0.1, 0.15) is 0 Å². The Labute approximate surface area is 68.5 Å².